The Balaban J connectivity index is 1.79. The van der Waals surface area contributed by atoms with E-state index in [0.717, 1.165) is 11.3 Å². The second kappa shape index (κ2) is 9.08. The summed E-state index contributed by atoms with van der Waals surface area (Å²) in [6.45, 7) is 5.08. The summed E-state index contributed by atoms with van der Waals surface area (Å²) < 4.78 is 10.0. The number of nitrogens with zero attached hydrogens (tertiary/aromatic N) is 2. The number of rotatable bonds is 6. The van der Waals surface area contributed by atoms with Crippen molar-refractivity contribution in [3.63, 3.8) is 0 Å². The van der Waals surface area contributed by atoms with Crippen molar-refractivity contribution in [3.05, 3.63) is 35.9 Å². The number of carbonyl (C=O) groups is 2. The van der Waals surface area contributed by atoms with E-state index in [1.165, 1.54) is 0 Å². The van der Waals surface area contributed by atoms with E-state index in [0.29, 0.717) is 32.8 Å². The Labute approximate surface area is 142 Å². The molecule has 1 saturated heterocycles. The highest BCUT2D eigenvalue weighted by Gasteiger charge is 2.21. The molecule has 6 nitrogen and oxygen atoms in total. The standard InChI is InChI=1S/C18H24N2O4/c1-3-24-18(22)14-19-10-12-20(13-11-19)17(21)9-6-15-4-7-16(23-2)8-5-15/h4-9H,3,10-14H2,1-2H3/b9-6+. The fourth-order valence-corrected chi connectivity index (χ4v) is 2.50. The zero-order chi connectivity index (χ0) is 17.4. The van der Waals surface area contributed by atoms with Gasteiger partial charge in [-0.3, -0.25) is 14.5 Å². The predicted octanol–water partition coefficient (Wildman–Crippen LogP) is 1.42. The molecule has 0 radical (unpaired) electrons. The van der Waals surface area contributed by atoms with Crippen molar-refractivity contribution >= 4 is 18.0 Å². The highest BCUT2D eigenvalue weighted by atomic mass is 16.5. The number of carbonyl (C=O) groups excluding carboxylic acids is 2. The van der Waals surface area contributed by atoms with Crippen molar-refractivity contribution < 1.29 is 19.1 Å². The Morgan fingerprint density at radius 2 is 1.79 bits per heavy atom. The fraction of sp³-hybridized carbons (Fsp3) is 0.444. The van der Waals surface area contributed by atoms with Crippen molar-refractivity contribution in [3.8, 4) is 5.75 Å². The van der Waals surface area contributed by atoms with Crippen LogP contribution in [0.25, 0.3) is 6.08 Å². The Morgan fingerprint density at radius 3 is 2.38 bits per heavy atom. The number of ether oxygens (including phenoxy) is 2. The largest absolute Gasteiger partial charge is 0.497 e. The summed E-state index contributed by atoms with van der Waals surface area (Å²) in [5.41, 5.74) is 0.949. The number of amides is 1. The predicted molar refractivity (Wildman–Crippen MR) is 91.7 cm³/mol. The quantitative estimate of drug-likeness (QED) is 0.582. The Bertz CT molecular complexity index is 575. The summed E-state index contributed by atoms with van der Waals surface area (Å²) in [5.74, 6) is 0.564. The lowest BCUT2D eigenvalue weighted by Gasteiger charge is -2.33. The van der Waals surface area contributed by atoms with Gasteiger partial charge >= 0.3 is 5.97 Å². The molecule has 0 unspecified atom stereocenters. The van der Waals surface area contributed by atoms with Gasteiger partial charge in [0.1, 0.15) is 5.75 Å². The first-order valence-electron chi connectivity index (χ1n) is 8.11. The molecule has 1 amide bonds. The molecule has 130 valence electrons. The van der Waals surface area contributed by atoms with E-state index in [9.17, 15) is 9.59 Å². The number of methoxy groups -OCH3 is 1. The summed E-state index contributed by atoms with van der Waals surface area (Å²) in [6.07, 6.45) is 3.38. The highest BCUT2D eigenvalue weighted by Crippen LogP contribution is 2.12. The minimum absolute atomic E-state index is 0.0124. The van der Waals surface area contributed by atoms with Gasteiger partial charge in [0.25, 0.3) is 0 Å². The maximum atomic E-state index is 12.2. The van der Waals surface area contributed by atoms with Crippen molar-refractivity contribution in [1.29, 1.82) is 0 Å². The van der Waals surface area contributed by atoms with Gasteiger partial charge in [0.05, 0.1) is 20.3 Å². The molecule has 0 spiro atoms. The molecule has 1 aliphatic rings. The zero-order valence-corrected chi connectivity index (χ0v) is 14.2. The first-order valence-corrected chi connectivity index (χ1v) is 8.11. The molecule has 6 heteroatoms. The molecule has 0 N–H and O–H groups in total. The maximum Gasteiger partial charge on any atom is 0.320 e. The van der Waals surface area contributed by atoms with Crippen molar-refractivity contribution in [2.45, 2.75) is 6.92 Å². The number of hydrogen-bond acceptors (Lipinski definition) is 5. The molecule has 1 aliphatic heterocycles. The van der Waals surface area contributed by atoms with E-state index in [1.54, 1.807) is 31.1 Å². The topological polar surface area (TPSA) is 59.1 Å². The van der Waals surface area contributed by atoms with Gasteiger partial charge < -0.3 is 14.4 Å². The van der Waals surface area contributed by atoms with Crippen LogP contribution in [0.5, 0.6) is 5.75 Å². The first-order chi connectivity index (χ1) is 11.6. The van der Waals surface area contributed by atoms with Crippen LogP contribution < -0.4 is 4.74 Å². The lowest BCUT2D eigenvalue weighted by molar-refractivity contribution is -0.145. The van der Waals surface area contributed by atoms with E-state index >= 15 is 0 Å². The van der Waals surface area contributed by atoms with Crippen LogP contribution in [0.4, 0.5) is 0 Å². The SMILES string of the molecule is CCOC(=O)CN1CCN(C(=O)/C=C/c2ccc(OC)cc2)CC1. The lowest BCUT2D eigenvalue weighted by atomic mass is 10.2. The van der Waals surface area contributed by atoms with Crippen LogP contribution in [-0.2, 0) is 14.3 Å². The molecular weight excluding hydrogens is 308 g/mol. The molecule has 1 aromatic carbocycles. The maximum absolute atomic E-state index is 12.2. The lowest BCUT2D eigenvalue weighted by Crippen LogP contribution is -2.49. The Kier molecular flexibility index (Phi) is 6.81. The van der Waals surface area contributed by atoms with Crippen LogP contribution >= 0.6 is 0 Å². The van der Waals surface area contributed by atoms with Crippen molar-refractivity contribution in [1.82, 2.24) is 9.80 Å². The third kappa shape index (κ3) is 5.38. The van der Waals surface area contributed by atoms with Gasteiger partial charge in [0, 0.05) is 32.3 Å². The fourth-order valence-electron chi connectivity index (χ4n) is 2.50. The summed E-state index contributed by atoms with van der Waals surface area (Å²) >= 11 is 0. The molecule has 0 saturated carbocycles. The molecule has 0 bridgehead atoms. The molecule has 0 aromatic heterocycles. The molecule has 0 aliphatic carbocycles. The number of hydrogen-bond donors (Lipinski definition) is 0. The summed E-state index contributed by atoms with van der Waals surface area (Å²) in [7, 11) is 1.62. The molecular formula is C18H24N2O4. The molecule has 0 atom stereocenters. The van der Waals surface area contributed by atoms with E-state index in [4.69, 9.17) is 9.47 Å². The van der Waals surface area contributed by atoms with Gasteiger partial charge in [-0.25, -0.2) is 0 Å². The van der Waals surface area contributed by atoms with Crippen LogP contribution in [0.2, 0.25) is 0 Å². The van der Waals surface area contributed by atoms with E-state index in [-0.39, 0.29) is 18.4 Å². The highest BCUT2D eigenvalue weighted by molar-refractivity contribution is 5.91. The van der Waals surface area contributed by atoms with Crippen LogP contribution in [0.15, 0.2) is 30.3 Å². The number of esters is 1. The second-order valence-electron chi connectivity index (χ2n) is 5.51. The Hall–Kier alpha value is -2.34. The smallest absolute Gasteiger partial charge is 0.320 e. The number of benzene rings is 1. The molecule has 24 heavy (non-hydrogen) atoms. The molecule has 1 heterocycles. The van der Waals surface area contributed by atoms with E-state index in [1.807, 2.05) is 29.2 Å². The van der Waals surface area contributed by atoms with Gasteiger partial charge in [0.15, 0.2) is 0 Å². The van der Waals surface area contributed by atoms with Gasteiger partial charge in [0.2, 0.25) is 5.91 Å². The average molecular weight is 332 g/mol. The summed E-state index contributed by atoms with van der Waals surface area (Å²) in [5, 5.41) is 0. The van der Waals surface area contributed by atoms with Crippen LogP contribution in [-0.4, -0.2) is 68.1 Å². The number of piperazine rings is 1. The third-order valence-electron chi connectivity index (χ3n) is 3.88. The van der Waals surface area contributed by atoms with Crippen LogP contribution in [0.1, 0.15) is 12.5 Å². The zero-order valence-electron chi connectivity index (χ0n) is 14.2. The summed E-state index contributed by atoms with van der Waals surface area (Å²) in [4.78, 5) is 27.5. The average Bonchev–Trinajstić information content (AvgIpc) is 2.61. The molecule has 1 fully saturated rings. The van der Waals surface area contributed by atoms with Crippen molar-refractivity contribution in [2.75, 3.05) is 46.4 Å². The van der Waals surface area contributed by atoms with Gasteiger partial charge in [-0.2, -0.15) is 0 Å². The van der Waals surface area contributed by atoms with Gasteiger partial charge in [-0.15, -0.1) is 0 Å². The van der Waals surface area contributed by atoms with Crippen LogP contribution in [0, 0.1) is 0 Å². The minimum atomic E-state index is -0.211. The third-order valence-corrected chi connectivity index (χ3v) is 3.88. The molecule has 2 rings (SSSR count). The second-order valence-corrected chi connectivity index (χ2v) is 5.51. The van der Waals surface area contributed by atoms with Crippen LogP contribution in [0.3, 0.4) is 0 Å². The first kappa shape index (κ1) is 18.0. The minimum Gasteiger partial charge on any atom is -0.497 e. The Morgan fingerprint density at radius 1 is 1.12 bits per heavy atom. The molecule has 1 aromatic rings. The normalized spacial score (nSPS) is 15.5. The van der Waals surface area contributed by atoms with Gasteiger partial charge in [-0.05, 0) is 30.7 Å². The van der Waals surface area contributed by atoms with Gasteiger partial charge in [-0.1, -0.05) is 12.1 Å². The van der Waals surface area contributed by atoms with E-state index < -0.39 is 0 Å². The monoisotopic (exact) mass is 332 g/mol. The van der Waals surface area contributed by atoms with Crippen molar-refractivity contribution in [2.24, 2.45) is 0 Å². The summed E-state index contributed by atoms with van der Waals surface area (Å²) in [6, 6.07) is 7.52. The van der Waals surface area contributed by atoms with E-state index in [2.05, 4.69) is 0 Å².